The monoisotopic (exact) mass is 304 g/mol. The SMILES string of the molecule is CC(=O)O[C@@H]1CC(C)=C2C(=O)C=C(C)[C@@H]2[C@H]2OC(=O)[C@@H](C)[C@@H]21. The van der Waals surface area contributed by atoms with Crippen LogP contribution in [0.2, 0.25) is 0 Å². The molecule has 0 N–H and O–H groups in total. The Hall–Kier alpha value is -1.91. The molecule has 1 aliphatic heterocycles. The van der Waals surface area contributed by atoms with E-state index < -0.39 is 12.2 Å². The molecular formula is C17H20O5. The van der Waals surface area contributed by atoms with Gasteiger partial charge in [0.1, 0.15) is 12.2 Å². The third kappa shape index (κ3) is 2.11. The first-order valence-electron chi connectivity index (χ1n) is 7.61. The molecule has 0 radical (unpaired) electrons. The number of allylic oxidation sites excluding steroid dienone is 1. The predicted molar refractivity (Wildman–Crippen MR) is 77.7 cm³/mol. The van der Waals surface area contributed by atoms with E-state index in [1.165, 1.54) is 6.92 Å². The van der Waals surface area contributed by atoms with Gasteiger partial charge in [-0.2, -0.15) is 0 Å². The number of fused-ring (bicyclic) bond motifs is 3. The number of carbonyl (C=O) groups excluding carboxylic acids is 3. The Labute approximate surface area is 129 Å². The predicted octanol–water partition coefficient (Wildman–Crippen LogP) is 1.96. The van der Waals surface area contributed by atoms with Gasteiger partial charge in [-0.15, -0.1) is 0 Å². The van der Waals surface area contributed by atoms with E-state index in [9.17, 15) is 14.4 Å². The zero-order chi connectivity index (χ0) is 16.2. The maximum Gasteiger partial charge on any atom is 0.309 e. The van der Waals surface area contributed by atoms with Crippen LogP contribution in [0.5, 0.6) is 0 Å². The number of hydrogen-bond acceptors (Lipinski definition) is 5. The molecule has 0 saturated carbocycles. The van der Waals surface area contributed by atoms with Crippen LogP contribution in [0.15, 0.2) is 22.8 Å². The fourth-order valence-corrected chi connectivity index (χ4v) is 4.12. The molecular weight excluding hydrogens is 284 g/mol. The third-order valence-electron chi connectivity index (χ3n) is 5.05. The molecule has 0 bridgehead atoms. The van der Waals surface area contributed by atoms with Crippen molar-refractivity contribution in [2.45, 2.75) is 46.3 Å². The number of rotatable bonds is 1. The Morgan fingerprint density at radius 1 is 1.32 bits per heavy atom. The van der Waals surface area contributed by atoms with Crippen LogP contribution in [0, 0.1) is 17.8 Å². The lowest BCUT2D eigenvalue weighted by Crippen LogP contribution is -2.37. The van der Waals surface area contributed by atoms with Crippen LogP contribution in [0.3, 0.4) is 0 Å². The van der Waals surface area contributed by atoms with Gasteiger partial charge in [0.25, 0.3) is 0 Å². The van der Waals surface area contributed by atoms with E-state index in [0.717, 1.165) is 11.1 Å². The van der Waals surface area contributed by atoms with Crippen LogP contribution in [-0.2, 0) is 23.9 Å². The number of ketones is 1. The van der Waals surface area contributed by atoms with Crippen molar-refractivity contribution in [3.8, 4) is 0 Å². The van der Waals surface area contributed by atoms with Crippen molar-refractivity contribution in [3.05, 3.63) is 22.8 Å². The number of carbonyl (C=O) groups is 3. The number of hydrogen-bond donors (Lipinski definition) is 0. The Balaban J connectivity index is 2.08. The summed E-state index contributed by atoms with van der Waals surface area (Å²) in [6.45, 7) is 6.96. The van der Waals surface area contributed by atoms with Gasteiger partial charge >= 0.3 is 11.9 Å². The molecule has 118 valence electrons. The van der Waals surface area contributed by atoms with Crippen molar-refractivity contribution in [2.75, 3.05) is 0 Å². The second-order valence-electron chi connectivity index (χ2n) is 6.54. The number of esters is 2. The lowest BCUT2D eigenvalue weighted by molar-refractivity contribution is -0.150. The van der Waals surface area contributed by atoms with Gasteiger partial charge in [-0.05, 0) is 19.9 Å². The Bertz CT molecular complexity index is 627. The summed E-state index contributed by atoms with van der Waals surface area (Å²) in [5.41, 5.74) is 2.55. The summed E-state index contributed by atoms with van der Waals surface area (Å²) in [5.74, 6) is -1.44. The fourth-order valence-electron chi connectivity index (χ4n) is 4.12. The molecule has 5 atom stereocenters. The van der Waals surface area contributed by atoms with Crippen molar-refractivity contribution in [2.24, 2.45) is 17.8 Å². The van der Waals surface area contributed by atoms with E-state index in [4.69, 9.17) is 9.47 Å². The second kappa shape index (κ2) is 5.07. The highest BCUT2D eigenvalue weighted by atomic mass is 16.6. The molecule has 22 heavy (non-hydrogen) atoms. The van der Waals surface area contributed by atoms with Crippen molar-refractivity contribution >= 4 is 17.7 Å². The highest BCUT2D eigenvalue weighted by Gasteiger charge is 2.55. The molecule has 1 saturated heterocycles. The van der Waals surface area contributed by atoms with Gasteiger partial charge in [0, 0.05) is 30.8 Å². The van der Waals surface area contributed by atoms with E-state index in [2.05, 4.69) is 0 Å². The summed E-state index contributed by atoms with van der Waals surface area (Å²) in [6.07, 6.45) is 1.24. The summed E-state index contributed by atoms with van der Waals surface area (Å²) in [7, 11) is 0. The Morgan fingerprint density at radius 2 is 2.00 bits per heavy atom. The highest BCUT2D eigenvalue weighted by molar-refractivity contribution is 6.09. The molecule has 0 aromatic carbocycles. The highest BCUT2D eigenvalue weighted by Crippen LogP contribution is 2.48. The average molecular weight is 304 g/mol. The first-order valence-corrected chi connectivity index (χ1v) is 7.61. The topological polar surface area (TPSA) is 69.7 Å². The molecule has 0 aromatic heterocycles. The van der Waals surface area contributed by atoms with E-state index in [1.54, 1.807) is 13.0 Å². The van der Waals surface area contributed by atoms with E-state index in [-0.39, 0.29) is 35.5 Å². The smallest absolute Gasteiger partial charge is 0.309 e. The van der Waals surface area contributed by atoms with Crippen LogP contribution in [0.25, 0.3) is 0 Å². The van der Waals surface area contributed by atoms with Crippen LogP contribution in [0.1, 0.15) is 34.1 Å². The van der Waals surface area contributed by atoms with Gasteiger partial charge in [0.2, 0.25) is 0 Å². The first-order chi connectivity index (χ1) is 10.3. The quantitative estimate of drug-likeness (QED) is 0.693. The largest absolute Gasteiger partial charge is 0.462 e. The summed E-state index contributed by atoms with van der Waals surface area (Å²) in [5, 5.41) is 0. The minimum atomic E-state index is -0.429. The van der Waals surface area contributed by atoms with E-state index >= 15 is 0 Å². The van der Waals surface area contributed by atoms with Crippen molar-refractivity contribution < 1.29 is 23.9 Å². The third-order valence-corrected chi connectivity index (χ3v) is 5.05. The fraction of sp³-hybridized carbons (Fsp3) is 0.588. The van der Waals surface area contributed by atoms with Crippen LogP contribution in [-0.4, -0.2) is 29.9 Å². The number of ether oxygens (including phenoxy) is 2. The normalized spacial score (nSPS) is 37.3. The summed E-state index contributed by atoms with van der Waals surface area (Å²) in [6, 6.07) is 0. The minimum Gasteiger partial charge on any atom is -0.462 e. The molecule has 5 heteroatoms. The molecule has 1 fully saturated rings. The van der Waals surface area contributed by atoms with Gasteiger partial charge in [0.05, 0.1) is 5.92 Å². The molecule has 3 rings (SSSR count). The van der Waals surface area contributed by atoms with Crippen molar-refractivity contribution in [1.82, 2.24) is 0 Å². The van der Waals surface area contributed by atoms with Gasteiger partial charge in [-0.1, -0.05) is 18.1 Å². The van der Waals surface area contributed by atoms with Gasteiger partial charge in [-0.3, -0.25) is 14.4 Å². The zero-order valence-corrected chi connectivity index (χ0v) is 13.2. The molecule has 5 nitrogen and oxygen atoms in total. The lowest BCUT2D eigenvalue weighted by Gasteiger charge is -2.29. The molecule has 1 heterocycles. The summed E-state index contributed by atoms with van der Waals surface area (Å²) in [4.78, 5) is 35.8. The van der Waals surface area contributed by atoms with Crippen LogP contribution >= 0.6 is 0 Å². The Morgan fingerprint density at radius 3 is 2.64 bits per heavy atom. The van der Waals surface area contributed by atoms with Crippen molar-refractivity contribution in [1.29, 1.82) is 0 Å². The molecule has 0 unspecified atom stereocenters. The van der Waals surface area contributed by atoms with E-state index in [0.29, 0.717) is 12.0 Å². The van der Waals surface area contributed by atoms with Gasteiger partial charge in [-0.25, -0.2) is 0 Å². The zero-order valence-electron chi connectivity index (χ0n) is 13.2. The maximum atomic E-state index is 12.3. The molecule has 2 aliphatic carbocycles. The molecule has 0 aromatic rings. The first kappa shape index (κ1) is 15.0. The van der Waals surface area contributed by atoms with Crippen LogP contribution in [0.4, 0.5) is 0 Å². The summed E-state index contributed by atoms with van der Waals surface area (Å²) < 4.78 is 11.1. The minimum absolute atomic E-state index is 0.0159. The Kier molecular flexibility index (Phi) is 3.46. The van der Waals surface area contributed by atoms with Gasteiger partial charge in [0.15, 0.2) is 5.78 Å². The second-order valence-corrected chi connectivity index (χ2v) is 6.54. The molecule has 0 spiro atoms. The van der Waals surface area contributed by atoms with E-state index in [1.807, 2.05) is 13.8 Å². The van der Waals surface area contributed by atoms with Crippen molar-refractivity contribution in [3.63, 3.8) is 0 Å². The maximum absolute atomic E-state index is 12.3. The molecule has 0 amide bonds. The standard InChI is InChI=1S/C17H20O5/c1-7-5-11(19)13-8(2)6-12(21-10(4)18)15-9(3)17(20)22-16(15)14(7)13/h5,9,12,14-16H,6H2,1-4H3/t9-,12+,14-,15+,16+/m0/s1. The average Bonchev–Trinajstić information content (AvgIpc) is 2.81. The van der Waals surface area contributed by atoms with Crippen LogP contribution < -0.4 is 0 Å². The van der Waals surface area contributed by atoms with Gasteiger partial charge < -0.3 is 9.47 Å². The molecule has 3 aliphatic rings. The summed E-state index contributed by atoms with van der Waals surface area (Å²) >= 11 is 0. The lowest BCUT2D eigenvalue weighted by atomic mass is 9.79.